The number of amides is 1. The predicted octanol–water partition coefficient (Wildman–Crippen LogP) is 4.24. The van der Waals surface area contributed by atoms with E-state index in [1.807, 2.05) is 71.3 Å². The summed E-state index contributed by atoms with van der Waals surface area (Å²) < 4.78 is 7.69. The number of aliphatic hydroxyl groups excluding tert-OH is 1. The first-order chi connectivity index (χ1) is 16.1. The van der Waals surface area contributed by atoms with Gasteiger partial charge in [-0.3, -0.25) is 4.79 Å². The van der Waals surface area contributed by atoms with Crippen LogP contribution in [0.3, 0.4) is 0 Å². The fourth-order valence-electron chi connectivity index (χ4n) is 3.68. The Morgan fingerprint density at radius 3 is 2.58 bits per heavy atom. The first-order valence-electron chi connectivity index (χ1n) is 10.9. The van der Waals surface area contributed by atoms with Crippen LogP contribution in [0, 0.1) is 0 Å². The molecule has 1 unspecified atom stereocenters. The van der Waals surface area contributed by atoms with Crippen molar-refractivity contribution in [2.75, 3.05) is 13.2 Å². The van der Waals surface area contributed by atoms with E-state index < -0.39 is 6.10 Å². The van der Waals surface area contributed by atoms with Crippen LogP contribution >= 0.6 is 11.6 Å². The molecular weight excluding hydrogens is 438 g/mol. The molecule has 7 heteroatoms. The highest BCUT2D eigenvalue weighted by Gasteiger charge is 2.15. The maximum Gasteiger partial charge on any atom is 0.251 e. The number of benzene rings is 3. The summed E-state index contributed by atoms with van der Waals surface area (Å²) in [7, 11) is 0. The SMILES string of the molecule is O=C(NCCc1nc2ccccc2n1CC(O)COCc1ccccc1Cl)c1ccccc1. The van der Waals surface area contributed by atoms with Crippen molar-refractivity contribution >= 4 is 28.5 Å². The molecule has 0 radical (unpaired) electrons. The zero-order valence-corrected chi connectivity index (χ0v) is 18.9. The van der Waals surface area contributed by atoms with Crippen molar-refractivity contribution in [3.63, 3.8) is 0 Å². The van der Waals surface area contributed by atoms with E-state index in [1.54, 1.807) is 12.1 Å². The van der Waals surface area contributed by atoms with E-state index in [0.29, 0.717) is 36.7 Å². The lowest BCUT2D eigenvalue weighted by Crippen LogP contribution is -2.27. The van der Waals surface area contributed by atoms with Crippen molar-refractivity contribution in [2.45, 2.75) is 25.7 Å². The third-order valence-electron chi connectivity index (χ3n) is 5.32. The summed E-state index contributed by atoms with van der Waals surface area (Å²) in [6, 6.07) is 24.4. The zero-order valence-electron chi connectivity index (χ0n) is 18.2. The first kappa shape index (κ1) is 23.0. The Morgan fingerprint density at radius 2 is 1.76 bits per heavy atom. The number of carbonyl (C=O) groups excluding carboxylic acids is 1. The molecule has 1 atom stereocenters. The molecule has 0 spiro atoms. The number of para-hydroxylation sites is 2. The quantitative estimate of drug-likeness (QED) is 0.369. The standard InChI is InChI=1S/C26H26ClN3O3/c27-22-11-5-4-10-20(22)17-33-18-21(31)16-30-24-13-7-6-12-23(24)29-25(30)14-15-28-26(32)19-8-2-1-3-9-19/h1-13,21,31H,14-18H2,(H,28,32). The summed E-state index contributed by atoms with van der Waals surface area (Å²) in [4.78, 5) is 17.0. The van der Waals surface area contributed by atoms with Crippen LogP contribution in [-0.2, 0) is 24.3 Å². The third kappa shape index (κ3) is 5.99. The van der Waals surface area contributed by atoms with Gasteiger partial charge in [0, 0.05) is 23.6 Å². The Kier molecular flexibility index (Phi) is 7.73. The van der Waals surface area contributed by atoms with Crippen molar-refractivity contribution in [3.05, 3.63) is 101 Å². The Hall–Kier alpha value is -3.19. The van der Waals surface area contributed by atoms with Gasteiger partial charge in [0.05, 0.1) is 36.9 Å². The molecule has 170 valence electrons. The molecule has 1 aromatic heterocycles. The summed E-state index contributed by atoms with van der Waals surface area (Å²) in [5, 5.41) is 14.2. The lowest BCUT2D eigenvalue weighted by atomic mass is 10.2. The van der Waals surface area contributed by atoms with Crippen LogP contribution in [0.4, 0.5) is 0 Å². The van der Waals surface area contributed by atoms with E-state index in [1.165, 1.54) is 0 Å². The number of hydrogen-bond acceptors (Lipinski definition) is 4. The van der Waals surface area contributed by atoms with Gasteiger partial charge in [-0.05, 0) is 35.9 Å². The lowest BCUT2D eigenvalue weighted by molar-refractivity contribution is 0.0205. The van der Waals surface area contributed by atoms with Crippen LogP contribution in [0.25, 0.3) is 11.0 Å². The van der Waals surface area contributed by atoms with Gasteiger partial charge in [0.25, 0.3) is 5.91 Å². The average molecular weight is 464 g/mol. The van der Waals surface area contributed by atoms with Gasteiger partial charge in [-0.1, -0.05) is 60.1 Å². The minimum absolute atomic E-state index is 0.119. The number of carbonyl (C=O) groups is 1. The van der Waals surface area contributed by atoms with Crippen LogP contribution in [0.15, 0.2) is 78.9 Å². The molecular formula is C26H26ClN3O3. The molecule has 0 bridgehead atoms. The van der Waals surface area contributed by atoms with Gasteiger partial charge in [0.15, 0.2) is 0 Å². The largest absolute Gasteiger partial charge is 0.389 e. The number of nitrogens with one attached hydrogen (secondary N) is 1. The Bertz CT molecular complexity index is 1210. The Morgan fingerprint density at radius 1 is 1.03 bits per heavy atom. The van der Waals surface area contributed by atoms with Gasteiger partial charge in [0.1, 0.15) is 5.82 Å². The van der Waals surface area contributed by atoms with Crippen LogP contribution in [0.2, 0.25) is 5.02 Å². The summed E-state index contributed by atoms with van der Waals surface area (Å²) in [6.45, 7) is 1.28. The Balaban J connectivity index is 1.38. The van der Waals surface area contributed by atoms with Gasteiger partial charge < -0.3 is 19.7 Å². The maximum atomic E-state index is 12.3. The molecule has 0 aliphatic rings. The van der Waals surface area contributed by atoms with Crippen LogP contribution in [0.5, 0.6) is 0 Å². The first-order valence-corrected chi connectivity index (χ1v) is 11.3. The van der Waals surface area contributed by atoms with E-state index >= 15 is 0 Å². The summed E-state index contributed by atoms with van der Waals surface area (Å²) in [5.41, 5.74) is 3.30. The number of hydrogen-bond donors (Lipinski definition) is 2. The smallest absolute Gasteiger partial charge is 0.251 e. The third-order valence-corrected chi connectivity index (χ3v) is 5.69. The number of imidazole rings is 1. The van der Waals surface area contributed by atoms with Gasteiger partial charge in [-0.25, -0.2) is 4.98 Å². The van der Waals surface area contributed by atoms with Gasteiger partial charge in [-0.15, -0.1) is 0 Å². The molecule has 0 aliphatic carbocycles. The molecule has 1 heterocycles. The van der Waals surface area contributed by atoms with Gasteiger partial charge in [-0.2, -0.15) is 0 Å². The summed E-state index contributed by atoms with van der Waals surface area (Å²) in [6.07, 6.45) is -0.178. The number of ether oxygens (including phenoxy) is 1. The molecule has 4 rings (SSSR count). The van der Waals surface area contributed by atoms with Crippen LogP contribution < -0.4 is 5.32 Å². The molecule has 4 aromatic rings. The molecule has 2 N–H and O–H groups in total. The highest BCUT2D eigenvalue weighted by Crippen LogP contribution is 2.18. The average Bonchev–Trinajstić information content (AvgIpc) is 3.18. The van der Waals surface area contributed by atoms with Crippen molar-refractivity contribution in [1.29, 1.82) is 0 Å². The minimum Gasteiger partial charge on any atom is -0.389 e. The van der Waals surface area contributed by atoms with Gasteiger partial charge >= 0.3 is 0 Å². The van der Waals surface area contributed by atoms with E-state index in [9.17, 15) is 9.90 Å². The summed E-state index contributed by atoms with van der Waals surface area (Å²) >= 11 is 6.17. The van der Waals surface area contributed by atoms with Crippen molar-refractivity contribution < 1.29 is 14.6 Å². The molecule has 33 heavy (non-hydrogen) atoms. The minimum atomic E-state index is -0.720. The van der Waals surface area contributed by atoms with Crippen molar-refractivity contribution in [3.8, 4) is 0 Å². The normalized spacial score (nSPS) is 12.1. The number of rotatable bonds is 10. The summed E-state index contributed by atoms with van der Waals surface area (Å²) in [5.74, 6) is 0.681. The Labute approximate surface area is 197 Å². The number of aromatic nitrogens is 2. The van der Waals surface area contributed by atoms with E-state index in [0.717, 1.165) is 22.4 Å². The lowest BCUT2D eigenvalue weighted by Gasteiger charge is -2.15. The molecule has 6 nitrogen and oxygen atoms in total. The molecule has 3 aromatic carbocycles. The molecule has 0 saturated carbocycles. The van der Waals surface area contributed by atoms with E-state index in [-0.39, 0.29) is 12.5 Å². The number of aliphatic hydroxyl groups is 1. The second-order valence-corrected chi connectivity index (χ2v) is 8.17. The molecule has 0 fully saturated rings. The van der Waals surface area contributed by atoms with Crippen molar-refractivity contribution in [1.82, 2.24) is 14.9 Å². The zero-order chi connectivity index (χ0) is 23.0. The molecule has 0 aliphatic heterocycles. The maximum absolute atomic E-state index is 12.3. The topological polar surface area (TPSA) is 76.4 Å². The van der Waals surface area contributed by atoms with E-state index in [4.69, 9.17) is 21.3 Å². The highest BCUT2D eigenvalue weighted by molar-refractivity contribution is 6.31. The second-order valence-electron chi connectivity index (χ2n) is 7.76. The van der Waals surface area contributed by atoms with Crippen molar-refractivity contribution in [2.24, 2.45) is 0 Å². The highest BCUT2D eigenvalue weighted by atomic mass is 35.5. The molecule has 1 amide bonds. The predicted molar refractivity (Wildman–Crippen MR) is 129 cm³/mol. The molecule has 0 saturated heterocycles. The van der Waals surface area contributed by atoms with Crippen LogP contribution in [0.1, 0.15) is 21.7 Å². The number of nitrogens with zero attached hydrogens (tertiary/aromatic N) is 2. The van der Waals surface area contributed by atoms with Gasteiger partial charge in [0.2, 0.25) is 0 Å². The number of halogens is 1. The second kappa shape index (κ2) is 11.1. The fourth-order valence-corrected chi connectivity index (χ4v) is 3.87. The fraction of sp³-hybridized carbons (Fsp3) is 0.231. The van der Waals surface area contributed by atoms with Crippen LogP contribution in [-0.4, -0.2) is 39.8 Å². The van der Waals surface area contributed by atoms with E-state index in [2.05, 4.69) is 5.32 Å². The monoisotopic (exact) mass is 463 g/mol. The number of fused-ring (bicyclic) bond motifs is 1.